The fraction of sp³-hybridized carbons (Fsp3) is 0.308. The van der Waals surface area contributed by atoms with Gasteiger partial charge in [-0.1, -0.05) is 6.07 Å². The molecule has 2 aromatic heterocycles. The third kappa shape index (κ3) is 2.32. The molecule has 2 aromatic rings. The van der Waals surface area contributed by atoms with Crippen LogP contribution in [0.3, 0.4) is 0 Å². The second-order valence-electron chi connectivity index (χ2n) is 4.71. The van der Waals surface area contributed by atoms with Crippen molar-refractivity contribution in [1.82, 2.24) is 9.97 Å². The lowest BCUT2D eigenvalue weighted by molar-refractivity contribution is -0.116. The minimum atomic E-state index is -0.284. The van der Waals surface area contributed by atoms with E-state index in [2.05, 4.69) is 26.7 Å². The van der Waals surface area contributed by atoms with E-state index in [9.17, 15) is 4.79 Å². The van der Waals surface area contributed by atoms with Gasteiger partial charge < -0.3 is 15.5 Å². The molecule has 1 aliphatic heterocycles. The highest BCUT2D eigenvalue weighted by atomic mass is 32.1. The number of amides is 1. The zero-order valence-electron chi connectivity index (χ0n) is 11.3. The maximum absolute atomic E-state index is 11.8. The van der Waals surface area contributed by atoms with Crippen molar-refractivity contribution in [1.29, 1.82) is 0 Å². The van der Waals surface area contributed by atoms with Gasteiger partial charge in [0.25, 0.3) is 0 Å². The molecule has 2 N–H and O–H groups in total. The van der Waals surface area contributed by atoms with Gasteiger partial charge in [0.1, 0.15) is 18.1 Å². The largest absolute Gasteiger partial charge is 0.357 e. The minimum absolute atomic E-state index is 0.0712. The molecule has 7 heteroatoms. The normalized spacial score (nSPS) is 17.1. The van der Waals surface area contributed by atoms with Gasteiger partial charge in [0, 0.05) is 11.9 Å². The molecule has 0 aliphatic carbocycles. The van der Waals surface area contributed by atoms with Gasteiger partial charge in [0.15, 0.2) is 11.6 Å². The average Bonchev–Trinajstić information content (AvgIpc) is 2.92. The number of fused-ring (bicyclic) bond motifs is 1. The maximum Gasteiger partial charge on any atom is 0.246 e. The van der Waals surface area contributed by atoms with Crippen molar-refractivity contribution in [3.63, 3.8) is 0 Å². The molecule has 1 atom stereocenters. The molecule has 104 valence electrons. The van der Waals surface area contributed by atoms with E-state index in [-0.39, 0.29) is 11.9 Å². The summed E-state index contributed by atoms with van der Waals surface area (Å²) in [5, 5.41) is 8.00. The van der Waals surface area contributed by atoms with Crippen LogP contribution in [0.5, 0.6) is 0 Å². The number of hydrogen-bond acceptors (Lipinski definition) is 6. The zero-order valence-corrected chi connectivity index (χ0v) is 12.1. The Morgan fingerprint density at radius 2 is 2.30 bits per heavy atom. The van der Waals surface area contributed by atoms with Crippen LogP contribution in [-0.2, 0) is 11.3 Å². The van der Waals surface area contributed by atoms with Gasteiger partial charge in [-0.3, -0.25) is 4.79 Å². The number of nitrogens with zero attached hydrogens (tertiary/aromatic N) is 3. The second-order valence-corrected chi connectivity index (χ2v) is 5.74. The molecular weight excluding hydrogens is 274 g/mol. The third-order valence-electron chi connectivity index (χ3n) is 3.16. The molecular formula is C13H15N5OS. The van der Waals surface area contributed by atoms with Gasteiger partial charge >= 0.3 is 0 Å². The quantitative estimate of drug-likeness (QED) is 0.903. The number of carbonyl (C=O) groups is 1. The van der Waals surface area contributed by atoms with Crippen LogP contribution in [0.1, 0.15) is 11.8 Å². The molecule has 3 heterocycles. The molecule has 0 fully saturated rings. The molecule has 0 saturated carbocycles. The Morgan fingerprint density at radius 1 is 1.45 bits per heavy atom. The predicted octanol–water partition coefficient (Wildman–Crippen LogP) is 1.93. The highest BCUT2D eigenvalue weighted by Gasteiger charge is 2.26. The highest BCUT2D eigenvalue weighted by molar-refractivity contribution is 7.09. The first-order valence-corrected chi connectivity index (χ1v) is 7.19. The lowest BCUT2D eigenvalue weighted by Gasteiger charge is -2.27. The van der Waals surface area contributed by atoms with Crippen molar-refractivity contribution in [2.45, 2.75) is 19.5 Å². The molecule has 6 nitrogen and oxygen atoms in total. The van der Waals surface area contributed by atoms with Gasteiger partial charge in [-0.25, -0.2) is 9.97 Å². The Kier molecular flexibility index (Phi) is 3.27. The summed E-state index contributed by atoms with van der Waals surface area (Å²) in [5.41, 5.74) is 0.648. The lowest BCUT2D eigenvalue weighted by atomic mass is 10.2. The van der Waals surface area contributed by atoms with Crippen molar-refractivity contribution in [2.75, 3.05) is 22.6 Å². The van der Waals surface area contributed by atoms with Crippen molar-refractivity contribution in [2.24, 2.45) is 0 Å². The SMILES string of the molecule is CC1Nc2ncnc(N(C)Cc3cccs3)c2NC1=O. The van der Waals surface area contributed by atoms with Gasteiger partial charge in [-0.05, 0) is 18.4 Å². The summed E-state index contributed by atoms with van der Waals surface area (Å²) >= 11 is 1.70. The van der Waals surface area contributed by atoms with Crippen LogP contribution in [0, 0.1) is 0 Å². The van der Waals surface area contributed by atoms with Gasteiger partial charge in [0.05, 0.1) is 6.54 Å². The molecule has 1 unspecified atom stereocenters. The first kappa shape index (κ1) is 12.9. The van der Waals surface area contributed by atoms with Crippen LogP contribution >= 0.6 is 11.3 Å². The first-order valence-electron chi connectivity index (χ1n) is 6.31. The van der Waals surface area contributed by atoms with E-state index in [1.54, 1.807) is 18.3 Å². The summed E-state index contributed by atoms with van der Waals surface area (Å²) in [4.78, 5) is 23.5. The van der Waals surface area contributed by atoms with E-state index < -0.39 is 0 Å². The number of carbonyl (C=O) groups excluding carboxylic acids is 1. The number of aromatic nitrogens is 2. The van der Waals surface area contributed by atoms with Crippen molar-refractivity contribution in [3.8, 4) is 0 Å². The molecule has 1 aliphatic rings. The molecule has 20 heavy (non-hydrogen) atoms. The van der Waals surface area contributed by atoms with E-state index in [1.165, 1.54) is 11.2 Å². The molecule has 0 saturated heterocycles. The number of rotatable bonds is 3. The maximum atomic E-state index is 11.8. The van der Waals surface area contributed by atoms with E-state index in [0.717, 1.165) is 12.4 Å². The van der Waals surface area contributed by atoms with E-state index in [4.69, 9.17) is 0 Å². The van der Waals surface area contributed by atoms with Gasteiger partial charge in [-0.15, -0.1) is 11.3 Å². The summed E-state index contributed by atoms with van der Waals surface area (Å²) in [7, 11) is 1.95. The number of thiophene rings is 1. The Morgan fingerprint density at radius 3 is 3.05 bits per heavy atom. The topological polar surface area (TPSA) is 70.2 Å². The van der Waals surface area contributed by atoms with Crippen LogP contribution in [0.15, 0.2) is 23.8 Å². The highest BCUT2D eigenvalue weighted by Crippen LogP contribution is 2.32. The van der Waals surface area contributed by atoms with Crippen LogP contribution in [0.25, 0.3) is 0 Å². The number of anilines is 3. The summed E-state index contributed by atoms with van der Waals surface area (Å²) in [6.45, 7) is 2.54. The van der Waals surface area contributed by atoms with Crippen molar-refractivity contribution < 1.29 is 4.79 Å². The van der Waals surface area contributed by atoms with Gasteiger partial charge in [0.2, 0.25) is 5.91 Å². The summed E-state index contributed by atoms with van der Waals surface area (Å²) in [5.74, 6) is 1.31. The number of nitrogens with one attached hydrogen (secondary N) is 2. The second kappa shape index (κ2) is 5.09. The summed E-state index contributed by atoms with van der Waals surface area (Å²) in [6.07, 6.45) is 1.51. The Labute approximate surface area is 120 Å². The monoisotopic (exact) mass is 289 g/mol. The minimum Gasteiger partial charge on any atom is -0.357 e. The molecule has 0 radical (unpaired) electrons. The first-order chi connectivity index (χ1) is 9.65. The van der Waals surface area contributed by atoms with Crippen LogP contribution < -0.4 is 15.5 Å². The third-order valence-corrected chi connectivity index (χ3v) is 4.02. The van der Waals surface area contributed by atoms with E-state index in [1.807, 2.05) is 23.4 Å². The Hall–Kier alpha value is -2.15. The summed E-state index contributed by atoms with van der Waals surface area (Å²) < 4.78 is 0. The Bertz CT molecular complexity index is 628. The average molecular weight is 289 g/mol. The van der Waals surface area contributed by atoms with E-state index in [0.29, 0.717) is 11.5 Å². The number of hydrogen-bond donors (Lipinski definition) is 2. The zero-order chi connectivity index (χ0) is 14.1. The van der Waals surface area contributed by atoms with Crippen molar-refractivity contribution >= 4 is 34.6 Å². The fourth-order valence-corrected chi connectivity index (χ4v) is 2.86. The van der Waals surface area contributed by atoms with Crippen LogP contribution in [0.4, 0.5) is 17.3 Å². The molecule has 0 bridgehead atoms. The Balaban J connectivity index is 1.90. The fourth-order valence-electron chi connectivity index (χ4n) is 2.10. The van der Waals surface area contributed by atoms with Crippen LogP contribution in [0.2, 0.25) is 0 Å². The standard InChI is InChI=1S/C13H15N5OS/c1-8-13(19)17-10-11(16-8)14-7-15-12(10)18(2)6-9-4-3-5-20-9/h3-5,7-8H,6H2,1-2H3,(H,17,19)(H,14,15,16). The van der Waals surface area contributed by atoms with Crippen LogP contribution in [-0.4, -0.2) is 29.0 Å². The predicted molar refractivity (Wildman–Crippen MR) is 80.2 cm³/mol. The molecule has 0 aromatic carbocycles. The lowest BCUT2D eigenvalue weighted by Crippen LogP contribution is -2.38. The van der Waals surface area contributed by atoms with Gasteiger partial charge in [-0.2, -0.15) is 0 Å². The van der Waals surface area contributed by atoms with Crippen molar-refractivity contribution in [3.05, 3.63) is 28.7 Å². The molecule has 1 amide bonds. The summed E-state index contributed by atoms with van der Waals surface area (Å²) in [6, 6.07) is 3.81. The molecule has 0 spiro atoms. The smallest absolute Gasteiger partial charge is 0.246 e. The molecule has 3 rings (SSSR count). The van der Waals surface area contributed by atoms with E-state index >= 15 is 0 Å².